The summed E-state index contributed by atoms with van der Waals surface area (Å²) in [5.41, 5.74) is 7.70. The number of piperazine rings is 1. The third-order valence-corrected chi connectivity index (χ3v) is 8.13. The first-order chi connectivity index (χ1) is 17.8. The van der Waals surface area contributed by atoms with Gasteiger partial charge in [0.05, 0.1) is 29.4 Å². The monoisotopic (exact) mass is 481 g/mol. The van der Waals surface area contributed by atoms with E-state index >= 15 is 0 Å². The Morgan fingerprint density at radius 1 is 0.778 bits per heavy atom. The molecule has 5 heteroatoms. The molecule has 188 valence electrons. The summed E-state index contributed by atoms with van der Waals surface area (Å²) in [6, 6.07) is 26.2. The van der Waals surface area contributed by atoms with Gasteiger partial charge in [-0.2, -0.15) is 0 Å². The largest absolute Gasteiger partial charge is 0.367 e. The second kappa shape index (κ2) is 10.8. The predicted molar refractivity (Wildman–Crippen MR) is 153 cm³/mol. The summed E-state index contributed by atoms with van der Waals surface area (Å²) < 4.78 is 0. The maximum Gasteiger partial charge on any atom is 0.0877 e. The van der Waals surface area contributed by atoms with Crippen LogP contribution in [-0.2, 0) is 6.54 Å². The van der Waals surface area contributed by atoms with Crippen molar-refractivity contribution in [1.82, 2.24) is 4.90 Å². The van der Waals surface area contributed by atoms with E-state index in [9.17, 15) is 0 Å². The summed E-state index contributed by atoms with van der Waals surface area (Å²) >= 11 is 0. The first-order valence-electron chi connectivity index (χ1n) is 13.8. The van der Waals surface area contributed by atoms with Crippen molar-refractivity contribution < 1.29 is 0 Å². The molecule has 0 amide bonds. The minimum absolute atomic E-state index is 0.832. The normalized spacial score (nSPS) is 18.7. The molecule has 2 fully saturated rings. The standard InChI is InChI=1S/C31H39N5/c1-4-10-25(11-5-1)22-34-16-18-35(19-17-34)31-21-30-28(20-29(31)33-27-14-8-3-9-15-27)32-24-36(30)23-26-12-6-2-7-13-26/h1,3-5,8-11,14-15,20-21,26,32-33H,2,6-7,12-13,16-19,22-24H2. The molecule has 3 aromatic rings. The highest BCUT2D eigenvalue weighted by atomic mass is 15.3. The second-order valence-electron chi connectivity index (χ2n) is 10.7. The number of hydrogen-bond donors (Lipinski definition) is 2. The van der Waals surface area contributed by atoms with E-state index < -0.39 is 0 Å². The van der Waals surface area contributed by atoms with E-state index in [1.54, 1.807) is 0 Å². The summed E-state index contributed by atoms with van der Waals surface area (Å²) in [6.45, 7) is 7.39. The van der Waals surface area contributed by atoms with Gasteiger partial charge in [-0.15, -0.1) is 0 Å². The van der Waals surface area contributed by atoms with E-state index in [0.29, 0.717) is 0 Å². The van der Waals surface area contributed by atoms with Gasteiger partial charge in [-0.05, 0) is 48.6 Å². The first kappa shape index (κ1) is 23.2. The third-order valence-electron chi connectivity index (χ3n) is 8.13. The predicted octanol–water partition coefficient (Wildman–Crippen LogP) is 6.52. The summed E-state index contributed by atoms with van der Waals surface area (Å²) in [6.07, 6.45) is 6.99. The lowest BCUT2D eigenvalue weighted by molar-refractivity contribution is 0.250. The Labute approximate surface area is 216 Å². The maximum absolute atomic E-state index is 3.73. The molecule has 1 aliphatic carbocycles. The van der Waals surface area contributed by atoms with E-state index in [4.69, 9.17) is 0 Å². The maximum atomic E-state index is 3.73. The van der Waals surface area contributed by atoms with Crippen LogP contribution in [0.3, 0.4) is 0 Å². The Balaban J connectivity index is 1.22. The van der Waals surface area contributed by atoms with E-state index in [2.05, 4.69) is 98.1 Å². The van der Waals surface area contributed by atoms with Gasteiger partial charge < -0.3 is 20.4 Å². The van der Waals surface area contributed by atoms with Crippen LogP contribution in [0.1, 0.15) is 37.7 Å². The van der Waals surface area contributed by atoms with Crippen LogP contribution >= 0.6 is 0 Å². The van der Waals surface area contributed by atoms with Gasteiger partial charge in [-0.3, -0.25) is 4.90 Å². The number of rotatable bonds is 7. The van der Waals surface area contributed by atoms with E-state index in [-0.39, 0.29) is 0 Å². The average molecular weight is 482 g/mol. The molecule has 0 spiro atoms. The van der Waals surface area contributed by atoms with Crippen molar-refractivity contribution in [2.24, 2.45) is 5.92 Å². The molecule has 5 nitrogen and oxygen atoms in total. The van der Waals surface area contributed by atoms with Gasteiger partial charge in [0, 0.05) is 45.0 Å². The number of nitrogens with one attached hydrogen (secondary N) is 2. The number of para-hydroxylation sites is 1. The molecular formula is C31H39N5. The number of anilines is 5. The Bertz CT molecular complexity index is 1120. The summed E-state index contributed by atoms with van der Waals surface area (Å²) in [7, 11) is 0. The second-order valence-corrected chi connectivity index (χ2v) is 10.7. The molecular weight excluding hydrogens is 442 g/mol. The van der Waals surface area contributed by atoms with Gasteiger partial charge in [-0.25, -0.2) is 0 Å². The molecule has 2 heterocycles. The van der Waals surface area contributed by atoms with Crippen LogP contribution in [0, 0.1) is 5.92 Å². The number of nitrogens with zero attached hydrogens (tertiary/aromatic N) is 3. The van der Waals surface area contributed by atoms with Crippen LogP contribution in [0.4, 0.5) is 28.4 Å². The molecule has 3 aliphatic rings. The van der Waals surface area contributed by atoms with Crippen LogP contribution in [0.2, 0.25) is 0 Å². The molecule has 0 atom stereocenters. The molecule has 2 aliphatic heterocycles. The highest BCUT2D eigenvalue weighted by molar-refractivity contribution is 5.89. The number of hydrogen-bond acceptors (Lipinski definition) is 5. The lowest BCUT2D eigenvalue weighted by Gasteiger charge is -2.37. The third kappa shape index (κ3) is 5.31. The molecule has 6 rings (SSSR count). The molecule has 2 N–H and O–H groups in total. The van der Waals surface area contributed by atoms with Crippen LogP contribution < -0.4 is 20.4 Å². The Hall–Kier alpha value is -3.18. The van der Waals surface area contributed by atoms with E-state index in [1.807, 2.05) is 0 Å². The molecule has 1 saturated carbocycles. The van der Waals surface area contributed by atoms with E-state index in [1.165, 1.54) is 67.0 Å². The zero-order chi connectivity index (χ0) is 24.2. The lowest BCUT2D eigenvalue weighted by Crippen LogP contribution is -2.46. The minimum Gasteiger partial charge on any atom is -0.367 e. The molecule has 0 radical (unpaired) electrons. The van der Waals surface area contributed by atoms with Crippen molar-refractivity contribution in [3.63, 3.8) is 0 Å². The van der Waals surface area contributed by atoms with Gasteiger partial charge in [0.2, 0.25) is 0 Å². The van der Waals surface area contributed by atoms with E-state index in [0.717, 1.165) is 51.0 Å². The Morgan fingerprint density at radius 2 is 1.50 bits per heavy atom. The van der Waals surface area contributed by atoms with Gasteiger partial charge >= 0.3 is 0 Å². The van der Waals surface area contributed by atoms with Crippen molar-refractivity contribution in [2.75, 3.05) is 59.8 Å². The summed E-state index contributed by atoms with van der Waals surface area (Å²) in [5.74, 6) is 0.832. The SMILES string of the molecule is c1ccc(CN2CCN(c3cc4c(cc3Nc3ccccc3)NCN4CC3CCCCC3)CC2)cc1. The molecule has 1 saturated heterocycles. The fraction of sp³-hybridized carbons (Fsp3) is 0.419. The Kier molecular flexibility index (Phi) is 6.99. The molecule has 36 heavy (non-hydrogen) atoms. The smallest absolute Gasteiger partial charge is 0.0877 e. The van der Waals surface area contributed by atoms with Gasteiger partial charge in [-0.1, -0.05) is 67.8 Å². The highest BCUT2D eigenvalue weighted by Gasteiger charge is 2.27. The van der Waals surface area contributed by atoms with Crippen molar-refractivity contribution >= 4 is 28.4 Å². The van der Waals surface area contributed by atoms with Crippen molar-refractivity contribution in [3.05, 3.63) is 78.4 Å². The topological polar surface area (TPSA) is 33.8 Å². The zero-order valence-corrected chi connectivity index (χ0v) is 21.3. The lowest BCUT2D eigenvalue weighted by atomic mass is 9.89. The number of benzene rings is 3. The highest BCUT2D eigenvalue weighted by Crippen LogP contribution is 2.42. The quantitative estimate of drug-likeness (QED) is 0.401. The zero-order valence-electron chi connectivity index (χ0n) is 21.3. The molecule has 0 bridgehead atoms. The van der Waals surface area contributed by atoms with Crippen LogP contribution in [0.25, 0.3) is 0 Å². The fourth-order valence-corrected chi connectivity index (χ4v) is 6.12. The van der Waals surface area contributed by atoms with Crippen molar-refractivity contribution in [3.8, 4) is 0 Å². The molecule has 0 aromatic heterocycles. The van der Waals surface area contributed by atoms with Crippen LogP contribution in [0.5, 0.6) is 0 Å². The fourth-order valence-electron chi connectivity index (χ4n) is 6.12. The van der Waals surface area contributed by atoms with Crippen molar-refractivity contribution in [1.29, 1.82) is 0 Å². The van der Waals surface area contributed by atoms with Gasteiger partial charge in [0.15, 0.2) is 0 Å². The molecule has 3 aromatic carbocycles. The average Bonchev–Trinajstić information content (AvgIpc) is 3.32. The Morgan fingerprint density at radius 3 is 2.25 bits per heavy atom. The van der Waals surface area contributed by atoms with Crippen LogP contribution in [0.15, 0.2) is 72.8 Å². The first-order valence-corrected chi connectivity index (χ1v) is 13.8. The van der Waals surface area contributed by atoms with Gasteiger partial charge in [0.25, 0.3) is 0 Å². The van der Waals surface area contributed by atoms with Crippen LogP contribution in [-0.4, -0.2) is 44.3 Å². The number of fused-ring (bicyclic) bond motifs is 1. The van der Waals surface area contributed by atoms with Gasteiger partial charge in [0.1, 0.15) is 0 Å². The summed E-state index contributed by atoms with van der Waals surface area (Å²) in [4.78, 5) is 7.76. The minimum atomic E-state index is 0.832. The molecule has 0 unspecified atom stereocenters. The van der Waals surface area contributed by atoms with Crippen molar-refractivity contribution in [2.45, 2.75) is 38.6 Å². The summed E-state index contributed by atoms with van der Waals surface area (Å²) in [5, 5.41) is 7.42.